The number of benzene rings is 2. The van der Waals surface area contributed by atoms with Crippen LogP contribution >= 0.6 is 11.8 Å². The lowest BCUT2D eigenvalue weighted by Crippen LogP contribution is -2.24. The van der Waals surface area contributed by atoms with Gasteiger partial charge in [0.15, 0.2) is 5.16 Å². The Bertz CT molecular complexity index is 1180. The van der Waals surface area contributed by atoms with Gasteiger partial charge in [-0.1, -0.05) is 23.9 Å². The molecule has 1 aliphatic rings. The second kappa shape index (κ2) is 7.79. The van der Waals surface area contributed by atoms with Crippen LogP contribution in [0.1, 0.15) is 31.8 Å². The zero-order valence-electron chi connectivity index (χ0n) is 16.8. The third kappa shape index (κ3) is 3.61. The third-order valence-electron chi connectivity index (χ3n) is 4.94. The quantitative estimate of drug-likeness (QED) is 0.505. The molecular weight excluding hydrogens is 400 g/mol. The first-order valence-electron chi connectivity index (χ1n) is 9.35. The molecule has 0 atom stereocenters. The summed E-state index contributed by atoms with van der Waals surface area (Å²) in [4.78, 5) is 42.0. The summed E-state index contributed by atoms with van der Waals surface area (Å²) in [6, 6.07) is 10.9. The Morgan fingerprint density at radius 3 is 2.63 bits per heavy atom. The van der Waals surface area contributed by atoms with Gasteiger partial charge in [-0.05, 0) is 49.2 Å². The number of thioether (sulfide) groups is 1. The maximum atomic E-state index is 12.5. The Morgan fingerprint density at radius 1 is 1.07 bits per heavy atom. The van der Waals surface area contributed by atoms with Crippen molar-refractivity contribution in [3.63, 3.8) is 0 Å². The lowest BCUT2D eigenvalue weighted by Gasteiger charge is -2.11. The van der Waals surface area contributed by atoms with Crippen molar-refractivity contribution < 1.29 is 14.4 Å². The fourth-order valence-electron chi connectivity index (χ4n) is 3.33. The van der Waals surface area contributed by atoms with Gasteiger partial charge in [0.2, 0.25) is 5.91 Å². The molecule has 3 aromatic rings. The maximum absolute atomic E-state index is 12.5. The number of imide groups is 1. The van der Waals surface area contributed by atoms with Gasteiger partial charge in [-0.3, -0.25) is 23.9 Å². The van der Waals surface area contributed by atoms with Crippen molar-refractivity contribution in [1.29, 1.82) is 0 Å². The molecule has 2 aromatic carbocycles. The molecule has 1 aromatic heterocycles. The molecule has 0 radical (unpaired) electrons. The Balaban J connectivity index is 1.45. The summed E-state index contributed by atoms with van der Waals surface area (Å²) >= 11 is 1.33. The highest BCUT2D eigenvalue weighted by molar-refractivity contribution is 7.99. The smallest absolute Gasteiger partial charge is 0.261 e. The van der Waals surface area contributed by atoms with Crippen molar-refractivity contribution >= 4 is 35.2 Å². The SMILES string of the molecule is Cc1ccc(C)c(-n2ccnc2SCC(=O)Nc2ccc3c(c2)C(=O)N(C)C3=O)c1. The molecule has 0 unspecified atom stereocenters. The highest BCUT2D eigenvalue weighted by atomic mass is 32.2. The van der Waals surface area contributed by atoms with Gasteiger partial charge in [0, 0.05) is 25.1 Å². The summed E-state index contributed by atoms with van der Waals surface area (Å²) in [7, 11) is 1.44. The number of anilines is 1. The first-order valence-corrected chi connectivity index (χ1v) is 10.3. The van der Waals surface area contributed by atoms with Crippen LogP contribution in [0.15, 0.2) is 53.9 Å². The van der Waals surface area contributed by atoms with Crippen LogP contribution in [0.2, 0.25) is 0 Å². The molecule has 0 aliphatic carbocycles. The molecule has 2 heterocycles. The van der Waals surface area contributed by atoms with Gasteiger partial charge in [-0.15, -0.1) is 0 Å². The average Bonchev–Trinajstić information content (AvgIpc) is 3.28. The molecule has 1 N–H and O–H groups in total. The molecule has 3 amide bonds. The number of fused-ring (bicyclic) bond motifs is 1. The van der Waals surface area contributed by atoms with Crippen LogP contribution < -0.4 is 5.32 Å². The topological polar surface area (TPSA) is 84.3 Å². The Kier molecular flexibility index (Phi) is 5.17. The normalized spacial score (nSPS) is 13.0. The lowest BCUT2D eigenvalue weighted by atomic mass is 10.1. The van der Waals surface area contributed by atoms with E-state index in [1.807, 2.05) is 24.6 Å². The van der Waals surface area contributed by atoms with Crippen molar-refractivity contribution in [3.05, 3.63) is 71.0 Å². The van der Waals surface area contributed by atoms with Crippen molar-refractivity contribution in [2.45, 2.75) is 19.0 Å². The molecule has 0 saturated carbocycles. The highest BCUT2D eigenvalue weighted by Crippen LogP contribution is 2.26. The predicted octanol–water partition coefficient (Wildman–Crippen LogP) is 3.45. The molecule has 8 heteroatoms. The van der Waals surface area contributed by atoms with Crippen LogP contribution in [0.5, 0.6) is 0 Å². The van der Waals surface area contributed by atoms with Crippen LogP contribution in [0, 0.1) is 13.8 Å². The van der Waals surface area contributed by atoms with E-state index in [1.54, 1.807) is 24.4 Å². The molecule has 0 bridgehead atoms. The van der Waals surface area contributed by atoms with E-state index < -0.39 is 0 Å². The number of imidazole rings is 1. The van der Waals surface area contributed by atoms with Gasteiger partial charge in [-0.25, -0.2) is 4.98 Å². The highest BCUT2D eigenvalue weighted by Gasteiger charge is 2.32. The summed E-state index contributed by atoms with van der Waals surface area (Å²) < 4.78 is 1.97. The zero-order chi connectivity index (χ0) is 21.4. The van der Waals surface area contributed by atoms with Crippen molar-refractivity contribution in [2.75, 3.05) is 18.1 Å². The average molecular weight is 420 g/mol. The zero-order valence-corrected chi connectivity index (χ0v) is 17.6. The minimum absolute atomic E-state index is 0.158. The second-order valence-corrected chi connectivity index (χ2v) is 8.08. The standard InChI is InChI=1S/C22H20N4O3S/c1-13-4-5-14(2)18(10-13)26-9-8-23-22(26)30-12-19(27)24-15-6-7-16-17(11-15)21(29)25(3)20(16)28/h4-11H,12H2,1-3H3,(H,24,27). The van der Waals surface area contributed by atoms with E-state index in [4.69, 9.17) is 0 Å². The van der Waals surface area contributed by atoms with E-state index in [1.165, 1.54) is 18.8 Å². The van der Waals surface area contributed by atoms with Crippen LogP contribution in [-0.2, 0) is 4.79 Å². The summed E-state index contributed by atoms with van der Waals surface area (Å²) in [6.45, 7) is 4.07. The molecule has 4 rings (SSSR count). The van der Waals surface area contributed by atoms with Gasteiger partial charge in [-0.2, -0.15) is 0 Å². The number of aryl methyl sites for hydroxylation is 2. The minimum atomic E-state index is -0.365. The van der Waals surface area contributed by atoms with Crippen LogP contribution in [0.25, 0.3) is 5.69 Å². The number of hydrogen-bond donors (Lipinski definition) is 1. The third-order valence-corrected chi connectivity index (χ3v) is 5.90. The Hall–Kier alpha value is -3.39. The van der Waals surface area contributed by atoms with Gasteiger partial charge in [0.1, 0.15) is 0 Å². The van der Waals surface area contributed by atoms with Crippen LogP contribution in [0.4, 0.5) is 5.69 Å². The molecule has 0 saturated heterocycles. The number of carbonyl (C=O) groups is 3. The number of carbonyl (C=O) groups excluding carboxylic acids is 3. The molecule has 7 nitrogen and oxygen atoms in total. The monoisotopic (exact) mass is 420 g/mol. The van der Waals surface area contributed by atoms with Crippen molar-refractivity contribution in [2.24, 2.45) is 0 Å². The number of rotatable bonds is 5. The van der Waals surface area contributed by atoms with E-state index in [2.05, 4.69) is 28.5 Å². The molecule has 30 heavy (non-hydrogen) atoms. The molecule has 152 valence electrons. The molecule has 0 fully saturated rings. The summed E-state index contributed by atoms with van der Waals surface area (Å²) in [6.07, 6.45) is 3.59. The van der Waals surface area contributed by atoms with Crippen molar-refractivity contribution in [1.82, 2.24) is 14.5 Å². The first-order chi connectivity index (χ1) is 14.3. The van der Waals surface area contributed by atoms with E-state index in [0.717, 1.165) is 26.9 Å². The van der Waals surface area contributed by atoms with E-state index >= 15 is 0 Å². The van der Waals surface area contributed by atoms with Gasteiger partial charge in [0.25, 0.3) is 11.8 Å². The van der Waals surface area contributed by atoms with E-state index in [9.17, 15) is 14.4 Å². The predicted molar refractivity (Wildman–Crippen MR) is 115 cm³/mol. The fourth-order valence-corrected chi connectivity index (χ4v) is 4.09. The summed E-state index contributed by atoms with van der Waals surface area (Å²) in [5.41, 5.74) is 4.43. The van der Waals surface area contributed by atoms with Gasteiger partial charge >= 0.3 is 0 Å². The number of nitrogens with zero attached hydrogens (tertiary/aromatic N) is 3. The van der Waals surface area contributed by atoms with E-state index in [0.29, 0.717) is 16.8 Å². The Labute approximate surface area is 178 Å². The van der Waals surface area contributed by atoms with Gasteiger partial charge < -0.3 is 5.32 Å². The largest absolute Gasteiger partial charge is 0.325 e. The van der Waals surface area contributed by atoms with Gasteiger partial charge in [0.05, 0.1) is 22.6 Å². The van der Waals surface area contributed by atoms with Crippen LogP contribution in [0.3, 0.4) is 0 Å². The summed E-state index contributed by atoms with van der Waals surface area (Å²) in [5, 5.41) is 3.50. The van der Waals surface area contributed by atoms with Crippen molar-refractivity contribution in [3.8, 4) is 5.69 Å². The molecular formula is C22H20N4O3S. The number of hydrogen-bond acceptors (Lipinski definition) is 5. The summed E-state index contributed by atoms with van der Waals surface area (Å²) in [5.74, 6) is -0.760. The number of nitrogens with one attached hydrogen (secondary N) is 1. The van der Waals surface area contributed by atoms with Crippen LogP contribution in [-0.4, -0.2) is 45.0 Å². The fraction of sp³-hybridized carbons (Fsp3) is 0.182. The number of aromatic nitrogens is 2. The molecule has 1 aliphatic heterocycles. The molecule has 0 spiro atoms. The van der Waals surface area contributed by atoms with E-state index in [-0.39, 0.29) is 23.5 Å². The maximum Gasteiger partial charge on any atom is 0.261 e. The Morgan fingerprint density at radius 2 is 1.83 bits per heavy atom. The minimum Gasteiger partial charge on any atom is -0.325 e. The first kappa shape index (κ1) is 19.9. The lowest BCUT2D eigenvalue weighted by molar-refractivity contribution is -0.113. The number of amides is 3. The second-order valence-electron chi connectivity index (χ2n) is 7.14.